The van der Waals surface area contributed by atoms with Crippen molar-refractivity contribution in [2.75, 3.05) is 7.11 Å². The third-order valence-corrected chi connectivity index (χ3v) is 2.15. The summed E-state index contributed by atoms with van der Waals surface area (Å²) < 4.78 is 43.8. The summed E-state index contributed by atoms with van der Waals surface area (Å²) in [5, 5.41) is 0. The number of aromatic nitrogens is 1. The van der Waals surface area contributed by atoms with E-state index in [-0.39, 0.29) is 11.6 Å². The highest BCUT2D eigenvalue weighted by Gasteiger charge is 2.33. The summed E-state index contributed by atoms with van der Waals surface area (Å²) in [5.74, 6) is -2.43. The number of carbonyl (C=O) groups is 1. The number of alkyl halides is 4. The summed E-state index contributed by atoms with van der Waals surface area (Å²) in [6, 6.07) is 0. The van der Waals surface area contributed by atoms with E-state index in [4.69, 9.17) is 11.6 Å². The minimum Gasteiger partial charge on any atom is -0.465 e. The Bertz CT molecular complexity index is 512. The summed E-state index contributed by atoms with van der Waals surface area (Å²) in [5.41, 5.74) is -1.91. The van der Waals surface area contributed by atoms with Crippen LogP contribution in [0, 0.1) is 0 Å². The molecule has 1 N–H and O–H groups in total. The molecule has 1 aromatic heterocycles. The fourth-order valence-corrected chi connectivity index (χ4v) is 1.39. The molecule has 0 amide bonds. The van der Waals surface area contributed by atoms with Crippen LogP contribution < -0.4 is 10.2 Å². The lowest BCUT2D eigenvalue weighted by Crippen LogP contribution is -2.26. The third kappa shape index (κ3) is 3.16. The molecule has 0 radical (unpaired) electrons. The van der Waals surface area contributed by atoms with Crippen LogP contribution in [0.3, 0.4) is 0 Å². The summed E-state index contributed by atoms with van der Waals surface area (Å²) in [6.07, 6.45) is -4.36. The van der Waals surface area contributed by atoms with Crippen molar-refractivity contribution in [2.45, 2.75) is 12.2 Å². The average molecular weight is 286 g/mol. The smallest absolute Gasteiger partial charge is 0.465 e. The zero-order valence-corrected chi connectivity index (χ0v) is 9.69. The third-order valence-electron chi connectivity index (χ3n) is 1.88. The predicted octanol–water partition coefficient (Wildman–Crippen LogP) is 1.80. The van der Waals surface area contributed by atoms with Crippen molar-refractivity contribution >= 4 is 17.6 Å². The Morgan fingerprint density at radius 3 is 2.56 bits per heavy atom. The second-order valence-electron chi connectivity index (χ2n) is 3.01. The van der Waals surface area contributed by atoms with E-state index in [9.17, 15) is 22.8 Å². The number of hydrogen-bond donors (Lipinski definition) is 1. The number of aromatic amines is 1. The summed E-state index contributed by atoms with van der Waals surface area (Å²) in [7, 11) is 0.983. The number of rotatable bonds is 3. The van der Waals surface area contributed by atoms with Crippen LogP contribution in [0.4, 0.5) is 13.2 Å². The van der Waals surface area contributed by atoms with Gasteiger partial charge in [0.05, 0.1) is 13.0 Å². The quantitative estimate of drug-likeness (QED) is 0.679. The molecule has 0 spiro atoms. The Balaban J connectivity index is 3.35. The number of methoxy groups -OCH3 is 1. The first-order valence-electron chi connectivity index (χ1n) is 4.44. The van der Waals surface area contributed by atoms with Gasteiger partial charge in [0.2, 0.25) is 5.43 Å². The number of ether oxygens (including phenoxy) is 2. The first kappa shape index (κ1) is 14.4. The van der Waals surface area contributed by atoms with Crippen LogP contribution in [-0.4, -0.2) is 24.4 Å². The first-order chi connectivity index (χ1) is 8.30. The molecule has 0 saturated carbocycles. The van der Waals surface area contributed by atoms with Crippen molar-refractivity contribution in [1.82, 2.24) is 4.98 Å². The molecule has 1 rings (SSSR count). The molecule has 0 bridgehead atoms. The maximum absolute atomic E-state index is 12.0. The summed E-state index contributed by atoms with van der Waals surface area (Å²) in [6.45, 7) is 0. The minimum atomic E-state index is -5.04. The number of halogens is 4. The summed E-state index contributed by atoms with van der Waals surface area (Å²) in [4.78, 5) is 25.2. The number of pyridine rings is 1. The molecule has 0 aliphatic carbocycles. The van der Waals surface area contributed by atoms with Crippen LogP contribution in [0.1, 0.15) is 16.1 Å². The summed E-state index contributed by atoms with van der Waals surface area (Å²) >= 11 is 5.45. The molecule has 0 saturated heterocycles. The van der Waals surface area contributed by atoms with Crippen LogP contribution in [0.25, 0.3) is 0 Å². The van der Waals surface area contributed by atoms with Crippen molar-refractivity contribution in [3.05, 3.63) is 27.7 Å². The van der Waals surface area contributed by atoms with Gasteiger partial charge in [0.25, 0.3) is 0 Å². The molecule has 0 atom stereocenters. The number of nitrogens with one attached hydrogen (secondary N) is 1. The van der Waals surface area contributed by atoms with Gasteiger partial charge in [0.15, 0.2) is 5.75 Å². The highest BCUT2D eigenvalue weighted by Crippen LogP contribution is 2.20. The van der Waals surface area contributed by atoms with Gasteiger partial charge in [-0.2, -0.15) is 0 Å². The standard InChI is InChI=1S/C9H7ClF3NO4/c1-17-8(16)6-4(2-10)14-3-5(7(6)15)18-9(11,12)13/h3H,2H2,1H3,(H,14,15). The van der Waals surface area contributed by atoms with E-state index in [0.717, 1.165) is 7.11 Å². The van der Waals surface area contributed by atoms with Crippen LogP contribution in [0.5, 0.6) is 5.75 Å². The van der Waals surface area contributed by atoms with Crippen molar-refractivity contribution in [3.8, 4) is 5.75 Å². The van der Waals surface area contributed by atoms with Gasteiger partial charge < -0.3 is 14.5 Å². The monoisotopic (exact) mass is 285 g/mol. The van der Waals surface area contributed by atoms with E-state index in [1.807, 2.05) is 0 Å². The molecular formula is C9H7ClF3NO4. The van der Waals surface area contributed by atoms with E-state index in [1.54, 1.807) is 0 Å². The molecule has 0 fully saturated rings. The van der Waals surface area contributed by atoms with Gasteiger partial charge >= 0.3 is 12.3 Å². The minimum absolute atomic E-state index is 0.0527. The zero-order valence-electron chi connectivity index (χ0n) is 8.93. The normalized spacial score (nSPS) is 11.2. The lowest BCUT2D eigenvalue weighted by Gasteiger charge is -2.10. The molecular weight excluding hydrogens is 279 g/mol. The molecule has 0 unspecified atom stereocenters. The first-order valence-corrected chi connectivity index (χ1v) is 4.98. The molecule has 1 heterocycles. The lowest BCUT2D eigenvalue weighted by molar-refractivity contribution is -0.275. The van der Waals surface area contributed by atoms with Crippen LogP contribution >= 0.6 is 11.6 Å². The molecule has 5 nitrogen and oxygen atoms in total. The van der Waals surface area contributed by atoms with Crippen molar-refractivity contribution in [1.29, 1.82) is 0 Å². The van der Waals surface area contributed by atoms with E-state index >= 15 is 0 Å². The average Bonchev–Trinajstić information content (AvgIpc) is 2.29. The van der Waals surface area contributed by atoms with E-state index in [0.29, 0.717) is 6.20 Å². The number of esters is 1. The fourth-order valence-electron chi connectivity index (χ4n) is 1.17. The number of hydrogen-bond acceptors (Lipinski definition) is 4. The molecule has 9 heteroatoms. The van der Waals surface area contributed by atoms with Crippen LogP contribution in [0.15, 0.2) is 11.0 Å². The van der Waals surface area contributed by atoms with Gasteiger partial charge in [-0.3, -0.25) is 4.79 Å². The Hall–Kier alpha value is -1.70. The molecule has 0 aliphatic heterocycles. The van der Waals surface area contributed by atoms with Crippen LogP contribution in [-0.2, 0) is 10.6 Å². The van der Waals surface area contributed by atoms with E-state index < -0.39 is 29.1 Å². The number of H-pyrrole nitrogens is 1. The highest BCUT2D eigenvalue weighted by molar-refractivity contribution is 6.17. The van der Waals surface area contributed by atoms with Gasteiger partial charge in [0, 0.05) is 11.9 Å². The van der Waals surface area contributed by atoms with Gasteiger partial charge in [-0.15, -0.1) is 24.8 Å². The maximum atomic E-state index is 12.0. The Kier molecular flexibility index (Phi) is 4.23. The van der Waals surface area contributed by atoms with Gasteiger partial charge in [-0.25, -0.2) is 4.79 Å². The second kappa shape index (κ2) is 5.30. The number of carbonyl (C=O) groups excluding carboxylic acids is 1. The van der Waals surface area contributed by atoms with Crippen molar-refractivity contribution in [3.63, 3.8) is 0 Å². The van der Waals surface area contributed by atoms with Gasteiger partial charge in [-0.05, 0) is 0 Å². The molecule has 0 aromatic carbocycles. The Morgan fingerprint density at radius 1 is 1.50 bits per heavy atom. The van der Waals surface area contributed by atoms with Crippen LogP contribution in [0.2, 0.25) is 0 Å². The van der Waals surface area contributed by atoms with E-state index in [1.165, 1.54) is 0 Å². The van der Waals surface area contributed by atoms with Crippen molar-refractivity contribution in [2.24, 2.45) is 0 Å². The van der Waals surface area contributed by atoms with Gasteiger partial charge in [0.1, 0.15) is 5.56 Å². The Labute approximate surface area is 103 Å². The van der Waals surface area contributed by atoms with Gasteiger partial charge in [-0.1, -0.05) is 0 Å². The van der Waals surface area contributed by atoms with Crippen molar-refractivity contribution < 1.29 is 27.4 Å². The molecule has 0 aliphatic rings. The maximum Gasteiger partial charge on any atom is 0.573 e. The van der Waals surface area contributed by atoms with E-state index in [2.05, 4.69) is 14.5 Å². The Morgan fingerprint density at radius 2 is 2.11 bits per heavy atom. The zero-order chi connectivity index (χ0) is 13.9. The SMILES string of the molecule is COC(=O)c1c(CCl)[nH]cc(OC(F)(F)F)c1=O. The lowest BCUT2D eigenvalue weighted by atomic mass is 10.2. The molecule has 100 valence electrons. The topological polar surface area (TPSA) is 68.4 Å². The molecule has 1 aromatic rings. The second-order valence-corrected chi connectivity index (χ2v) is 3.28. The largest absolute Gasteiger partial charge is 0.573 e. The highest BCUT2D eigenvalue weighted by atomic mass is 35.5. The molecule has 18 heavy (non-hydrogen) atoms. The fraction of sp³-hybridized carbons (Fsp3) is 0.333. The predicted molar refractivity (Wildman–Crippen MR) is 54.6 cm³/mol.